The van der Waals surface area contributed by atoms with E-state index in [1.165, 1.54) is 25.7 Å². The van der Waals surface area contributed by atoms with Crippen LogP contribution in [0.1, 0.15) is 51.4 Å². The number of aldehydes is 2. The maximum Gasteiger partial charge on any atom is 0.120 e. The first kappa shape index (κ1) is 14.9. The molecule has 2 unspecified atom stereocenters. The molecule has 0 bridgehead atoms. The van der Waals surface area contributed by atoms with E-state index in [2.05, 4.69) is 24.3 Å². The Morgan fingerprint density at radius 1 is 0.778 bits per heavy atom. The van der Waals surface area contributed by atoms with Crippen molar-refractivity contribution in [1.82, 2.24) is 0 Å². The van der Waals surface area contributed by atoms with Gasteiger partial charge in [0.1, 0.15) is 12.6 Å². The van der Waals surface area contributed by atoms with Crippen molar-refractivity contribution in [3.05, 3.63) is 24.3 Å². The third-order valence-corrected chi connectivity index (χ3v) is 3.61. The maximum atomic E-state index is 10.0. The van der Waals surface area contributed by atoms with Crippen LogP contribution < -0.4 is 0 Å². The molecule has 2 heteroatoms. The summed E-state index contributed by atoms with van der Waals surface area (Å²) >= 11 is 0. The third-order valence-electron chi connectivity index (χ3n) is 3.61. The van der Waals surface area contributed by atoms with E-state index in [4.69, 9.17) is 0 Å². The first-order chi connectivity index (χ1) is 8.86. The highest BCUT2D eigenvalue weighted by Crippen LogP contribution is 2.20. The Hall–Kier alpha value is -1.18. The molecule has 0 saturated carbocycles. The monoisotopic (exact) mass is 248 g/mol. The number of carbonyl (C=O) groups is 2. The van der Waals surface area contributed by atoms with Crippen molar-refractivity contribution in [2.75, 3.05) is 0 Å². The van der Waals surface area contributed by atoms with Crippen LogP contribution in [-0.4, -0.2) is 12.6 Å². The van der Waals surface area contributed by atoms with E-state index in [1.54, 1.807) is 0 Å². The first-order valence-electron chi connectivity index (χ1n) is 7.04. The fraction of sp³-hybridized carbons (Fsp3) is 0.625. The number of allylic oxidation sites excluding steroid dienone is 4. The lowest BCUT2D eigenvalue weighted by Crippen LogP contribution is -2.02. The van der Waals surface area contributed by atoms with Gasteiger partial charge in [-0.05, 0) is 50.4 Å². The largest absolute Gasteiger partial charge is 0.303 e. The Balaban J connectivity index is 0.000000180. The molecular formula is C16H24O2. The topological polar surface area (TPSA) is 34.1 Å². The SMILES string of the molecule is O=CCC1CC=CCC1.O=CCC1CC=CCC1. The van der Waals surface area contributed by atoms with Gasteiger partial charge in [-0.2, -0.15) is 0 Å². The van der Waals surface area contributed by atoms with E-state index in [0.717, 1.165) is 38.3 Å². The molecule has 2 atom stereocenters. The number of hydrogen-bond acceptors (Lipinski definition) is 2. The molecule has 0 aromatic heterocycles. The molecule has 0 fully saturated rings. The molecule has 18 heavy (non-hydrogen) atoms. The summed E-state index contributed by atoms with van der Waals surface area (Å²) in [6, 6.07) is 0. The molecule has 2 aliphatic carbocycles. The average Bonchev–Trinajstić information content (AvgIpc) is 2.43. The fourth-order valence-electron chi connectivity index (χ4n) is 2.41. The first-order valence-corrected chi connectivity index (χ1v) is 7.04. The van der Waals surface area contributed by atoms with E-state index in [1.807, 2.05) is 0 Å². The van der Waals surface area contributed by atoms with Gasteiger partial charge in [0.25, 0.3) is 0 Å². The minimum atomic E-state index is 0.646. The van der Waals surface area contributed by atoms with Crippen LogP contribution in [0.2, 0.25) is 0 Å². The maximum absolute atomic E-state index is 10.0. The van der Waals surface area contributed by atoms with Crippen molar-refractivity contribution in [3.63, 3.8) is 0 Å². The lowest BCUT2D eigenvalue weighted by atomic mass is 9.92. The van der Waals surface area contributed by atoms with E-state index in [0.29, 0.717) is 11.8 Å². The van der Waals surface area contributed by atoms with Gasteiger partial charge in [-0.1, -0.05) is 24.3 Å². The molecule has 2 aliphatic rings. The van der Waals surface area contributed by atoms with E-state index >= 15 is 0 Å². The van der Waals surface area contributed by atoms with Crippen LogP contribution in [-0.2, 0) is 9.59 Å². The van der Waals surface area contributed by atoms with Crippen LogP contribution in [0, 0.1) is 11.8 Å². The molecule has 2 rings (SSSR count). The Morgan fingerprint density at radius 2 is 1.22 bits per heavy atom. The molecule has 0 spiro atoms. The Morgan fingerprint density at radius 3 is 1.50 bits per heavy atom. The van der Waals surface area contributed by atoms with Gasteiger partial charge >= 0.3 is 0 Å². The number of rotatable bonds is 4. The predicted molar refractivity (Wildman–Crippen MR) is 74.3 cm³/mol. The van der Waals surface area contributed by atoms with Gasteiger partial charge in [0.05, 0.1) is 0 Å². The quantitative estimate of drug-likeness (QED) is 0.559. The summed E-state index contributed by atoms with van der Waals surface area (Å²) in [7, 11) is 0. The Kier molecular flexibility index (Phi) is 8.11. The summed E-state index contributed by atoms with van der Waals surface area (Å²) in [6.45, 7) is 0. The number of carbonyl (C=O) groups excluding carboxylic acids is 2. The summed E-state index contributed by atoms with van der Waals surface area (Å²) in [5.74, 6) is 1.29. The number of hydrogen-bond donors (Lipinski definition) is 0. The summed E-state index contributed by atoms with van der Waals surface area (Å²) in [4.78, 5) is 20.1. The summed E-state index contributed by atoms with van der Waals surface area (Å²) < 4.78 is 0. The predicted octanol–water partition coefficient (Wildman–Crippen LogP) is 3.86. The Bertz CT molecular complexity index is 261. The molecule has 0 radical (unpaired) electrons. The zero-order valence-electron chi connectivity index (χ0n) is 11.1. The summed E-state index contributed by atoms with van der Waals surface area (Å²) in [6.07, 6.45) is 19.3. The van der Waals surface area contributed by atoms with Crippen molar-refractivity contribution in [1.29, 1.82) is 0 Å². The summed E-state index contributed by atoms with van der Waals surface area (Å²) in [5.41, 5.74) is 0. The zero-order chi connectivity index (χ0) is 13.1. The van der Waals surface area contributed by atoms with Crippen LogP contribution >= 0.6 is 0 Å². The molecule has 0 aliphatic heterocycles. The van der Waals surface area contributed by atoms with Crippen LogP contribution in [0.5, 0.6) is 0 Å². The van der Waals surface area contributed by atoms with Crippen LogP contribution in [0.15, 0.2) is 24.3 Å². The third kappa shape index (κ3) is 6.53. The molecule has 100 valence electrons. The highest BCUT2D eigenvalue weighted by atomic mass is 16.1. The standard InChI is InChI=1S/2C8H12O/c2*9-7-6-8-4-2-1-3-5-8/h2*1-2,7-8H,3-6H2. The van der Waals surface area contributed by atoms with Crippen LogP contribution in [0.4, 0.5) is 0 Å². The lowest BCUT2D eigenvalue weighted by molar-refractivity contribution is -0.109. The molecule has 0 heterocycles. The second-order valence-corrected chi connectivity index (χ2v) is 5.11. The zero-order valence-corrected chi connectivity index (χ0v) is 11.1. The molecule has 0 saturated heterocycles. The van der Waals surface area contributed by atoms with Gasteiger partial charge in [0.15, 0.2) is 0 Å². The van der Waals surface area contributed by atoms with Crippen LogP contribution in [0.3, 0.4) is 0 Å². The van der Waals surface area contributed by atoms with Gasteiger partial charge in [-0.15, -0.1) is 0 Å². The normalized spacial score (nSPS) is 26.0. The molecule has 0 amide bonds. The van der Waals surface area contributed by atoms with Crippen LogP contribution in [0.25, 0.3) is 0 Å². The molecule has 0 aromatic rings. The van der Waals surface area contributed by atoms with E-state index in [9.17, 15) is 9.59 Å². The Labute approximate surface area is 110 Å². The second kappa shape index (κ2) is 9.81. The van der Waals surface area contributed by atoms with Gasteiger partial charge in [-0.3, -0.25) is 0 Å². The van der Waals surface area contributed by atoms with Gasteiger partial charge in [-0.25, -0.2) is 0 Å². The van der Waals surface area contributed by atoms with Crippen molar-refractivity contribution >= 4 is 12.6 Å². The molecule has 0 N–H and O–H groups in total. The minimum absolute atomic E-state index is 0.646. The average molecular weight is 248 g/mol. The van der Waals surface area contributed by atoms with Crippen molar-refractivity contribution in [2.24, 2.45) is 11.8 Å². The van der Waals surface area contributed by atoms with Gasteiger partial charge in [0, 0.05) is 12.8 Å². The van der Waals surface area contributed by atoms with Crippen molar-refractivity contribution in [2.45, 2.75) is 51.4 Å². The second-order valence-electron chi connectivity index (χ2n) is 5.11. The lowest BCUT2D eigenvalue weighted by Gasteiger charge is -2.13. The van der Waals surface area contributed by atoms with E-state index in [-0.39, 0.29) is 0 Å². The van der Waals surface area contributed by atoms with Crippen molar-refractivity contribution in [3.8, 4) is 0 Å². The molecular weight excluding hydrogens is 224 g/mol. The molecule has 0 aromatic carbocycles. The minimum Gasteiger partial charge on any atom is -0.303 e. The smallest absolute Gasteiger partial charge is 0.120 e. The van der Waals surface area contributed by atoms with Gasteiger partial charge in [0.2, 0.25) is 0 Å². The fourth-order valence-corrected chi connectivity index (χ4v) is 2.41. The van der Waals surface area contributed by atoms with Gasteiger partial charge < -0.3 is 9.59 Å². The highest BCUT2D eigenvalue weighted by Gasteiger charge is 2.08. The summed E-state index contributed by atoms with van der Waals surface area (Å²) in [5, 5.41) is 0. The van der Waals surface area contributed by atoms with E-state index < -0.39 is 0 Å². The highest BCUT2D eigenvalue weighted by molar-refractivity contribution is 5.50. The van der Waals surface area contributed by atoms with Crippen molar-refractivity contribution < 1.29 is 9.59 Å². The molecule has 2 nitrogen and oxygen atoms in total.